The van der Waals surface area contributed by atoms with Gasteiger partial charge >= 0.3 is 0 Å². The van der Waals surface area contributed by atoms with Crippen molar-refractivity contribution in [3.8, 4) is 0 Å². The molecule has 0 bridgehead atoms. The summed E-state index contributed by atoms with van der Waals surface area (Å²) in [4.78, 5) is 8.81. The second-order valence-corrected chi connectivity index (χ2v) is 6.20. The monoisotopic (exact) mass is 304 g/mol. The molecule has 0 fully saturated rings. The molecule has 14 heavy (non-hydrogen) atoms. The summed E-state index contributed by atoms with van der Waals surface area (Å²) >= 11 is 2.16. The van der Waals surface area contributed by atoms with E-state index in [2.05, 4.69) is 73.3 Å². The van der Waals surface area contributed by atoms with E-state index >= 15 is 0 Å². The lowest BCUT2D eigenvalue weighted by Crippen LogP contribution is -2.14. The maximum Gasteiger partial charge on any atom is 0.190 e. The van der Waals surface area contributed by atoms with Gasteiger partial charge < -0.3 is 0 Å². The lowest BCUT2D eigenvalue weighted by molar-refractivity contribution is 0.488. The fourth-order valence-corrected chi connectivity index (χ4v) is 1.55. The summed E-state index contributed by atoms with van der Waals surface area (Å²) in [6.07, 6.45) is 4.15. The summed E-state index contributed by atoms with van der Waals surface area (Å²) < 4.78 is 0.814. The van der Waals surface area contributed by atoms with Crippen LogP contribution in [0.4, 0.5) is 0 Å². The summed E-state index contributed by atoms with van der Waals surface area (Å²) in [6, 6.07) is 0. The molecule has 1 aliphatic heterocycles. The van der Waals surface area contributed by atoms with Gasteiger partial charge in [0.2, 0.25) is 0 Å². The van der Waals surface area contributed by atoms with Crippen molar-refractivity contribution >= 4 is 32.6 Å². The SMILES string of the molecule is CC1(C)C=NC(I)=NC(C(C)(C)C)=C1. The number of hydrogen-bond acceptors (Lipinski definition) is 2. The zero-order valence-electron chi connectivity index (χ0n) is 9.43. The molecule has 0 aromatic rings. The number of nitrogens with zero attached hydrogens (tertiary/aromatic N) is 2. The van der Waals surface area contributed by atoms with E-state index in [4.69, 9.17) is 0 Å². The van der Waals surface area contributed by atoms with Crippen molar-refractivity contribution in [3.63, 3.8) is 0 Å². The fraction of sp³-hybridized carbons (Fsp3) is 0.636. The molecule has 0 aromatic carbocycles. The number of hydrogen-bond donors (Lipinski definition) is 0. The lowest BCUT2D eigenvalue weighted by atomic mass is 9.85. The van der Waals surface area contributed by atoms with Crippen LogP contribution >= 0.6 is 22.6 Å². The van der Waals surface area contributed by atoms with Crippen LogP contribution in [-0.2, 0) is 0 Å². The molecular weight excluding hydrogens is 287 g/mol. The van der Waals surface area contributed by atoms with Crippen LogP contribution in [0.15, 0.2) is 21.8 Å². The normalized spacial score (nSPS) is 21.3. The Morgan fingerprint density at radius 1 is 1.29 bits per heavy atom. The summed E-state index contributed by atoms with van der Waals surface area (Å²) in [5.41, 5.74) is 1.20. The first-order valence-corrected chi connectivity index (χ1v) is 5.81. The van der Waals surface area contributed by atoms with Gasteiger partial charge in [-0.15, -0.1) is 0 Å². The highest BCUT2D eigenvalue weighted by molar-refractivity contribution is 14.1. The van der Waals surface area contributed by atoms with E-state index in [0.717, 1.165) is 9.54 Å². The molecule has 0 radical (unpaired) electrons. The minimum Gasteiger partial charge on any atom is -0.235 e. The first-order chi connectivity index (χ1) is 6.21. The van der Waals surface area contributed by atoms with E-state index in [1.54, 1.807) is 0 Å². The zero-order chi connectivity index (χ0) is 11.0. The molecule has 0 aromatic heterocycles. The lowest BCUT2D eigenvalue weighted by Gasteiger charge is -2.22. The van der Waals surface area contributed by atoms with Gasteiger partial charge in [0.1, 0.15) is 0 Å². The van der Waals surface area contributed by atoms with Crippen molar-refractivity contribution in [2.75, 3.05) is 0 Å². The van der Waals surface area contributed by atoms with E-state index in [-0.39, 0.29) is 10.8 Å². The van der Waals surface area contributed by atoms with Gasteiger partial charge in [0.05, 0.1) is 0 Å². The Labute approximate surface area is 99.7 Å². The number of rotatable bonds is 0. The van der Waals surface area contributed by atoms with E-state index in [0.29, 0.717) is 0 Å². The fourth-order valence-electron chi connectivity index (χ4n) is 1.15. The minimum absolute atomic E-state index is 0.000957. The molecule has 78 valence electrons. The first-order valence-electron chi connectivity index (χ1n) is 4.73. The quantitative estimate of drug-likeness (QED) is 0.480. The molecule has 0 saturated carbocycles. The Kier molecular flexibility index (Phi) is 3.19. The van der Waals surface area contributed by atoms with Gasteiger partial charge in [0, 0.05) is 45.3 Å². The van der Waals surface area contributed by atoms with Gasteiger partial charge in [0.15, 0.2) is 3.84 Å². The van der Waals surface area contributed by atoms with E-state index in [1.165, 1.54) is 0 Å². The van der Waals surface area contributed by atoms with Crippen LogP contribution in [0.3, 0.4) is 0 Å². The van der Waals surface area contributed by atoms with Gasteiger partial charge in [-0.2, -0.15) is 0 Å². The molecule has 0 aliphatic carbocycles. The Bertz CT molecular complexity index is 317. The van der Waals surface area contributed by atoms with Crippen molar-refractivity contribution in [1.29, 1.82) is 0 Å². The highest BCUT2D eigenvalue weighted by Crippen LogP contribution is 2.32. The third kappa shape index (κ3) is 3.19. The largest absolute Gasteiger partial charge is 0.235 e. The molecule has 1 rings (SSSR count). The average Bonchev–Trinajstić information content (AvgIpc) is 2.09. The molecular formula is C11H17IN2. The first kappa shape index (κ1) is 11.9. The van der Waals surface area contributed by atoms with Gasteiger partial charge in [-0.25, -0.2) is 9.98 Å². The Balaban J connectivity index is 3.17. The molecule has 0 N–H and O–H groups in total. The van der Waals surface area contributed by atoms with Gasteiger partial charge in [0.25, 0.3) is 0 Å². The van der Waals surface area contributed by atoms with Crippen molar-refractivity contribution in [1.82, 2.24) is 0 Å². The third-order valence-corrected chi connectivity index (χ3v) is 2.51. The summed E-state index contributed by atoms with van der Waals surface area (Å²) in [5.74, 6) is 0. The van der Waals surface area contributed by atoms with Crippen LogP contribution < -0.4 is 0 Å². The number of allylic oxidation sites excluding steroid dienone is 2. The molecule has 2 nitrogen and oxygen atoms in total. The van der Waals surface area contributed by atoms with Gasteiger partial charge in [-0.05, 0) is 0 Å². The zero-order valence-corrected chi connectivity index (χ0v) is 11.6. The second-order valence-electron chi connectivity index (χ2n) is 5.24. The van der Waals surface area contributed by atoms with E-state index in [9.17, 15) is 0 Å². The predicted octanol–water partition coefficient (Wildman–Crippen LogP) is 3.82. The molecule has 0 unspecified atom stereocenters. The van der Waals surface area contributed by atoms with Gasteiger partial charge in [-0.3, -0.25) is 0 Å². The van der Waals surface area contributed by atoms with Crippen molar-refractivity contribution in [2.45, 2.75) is 34.6 Å². The van der Waals surface area contributed by atoms with Crippen molar-refractivity contribution in [3.05, 3.63) is 11.8 Å². The molecule has 0 amide bonds. The molecule has 3 heteroatoms. The van der Waals surface area contributed by atoms with Gasteiger partial charge in [-0.1, -0.05) is 40.7 Å². The average molecular weight is 304 g/mol. The molecule has 1 heterocycles. The Hall–Kier alpha value is -0.190. The molecule has 0 atom stereocenters. The standard InChI is InChI=1S/C11H17IN2/c1-10(2,3)8-6-11(4,5)7-13-9(12)14-8/h6-7H,1-5H3. The Morgan fingerprint density at radius 3 is 2.36 bits per heavy atom. The van der Waals surface area contributed by atoms with E-state index < -0.39 is 0 Å². The topological polar surface area (TPSA) is 24.7 Å². The molecule has 0 spiro atoms. The summed E-state index contributed by atoms with van der Waals surface area (Å²) in [5, 5.41) is 0. The molecule has 1 aliphatic rings. The van der Waals surface area contributed by atoms with Crippen molar-refractivity contribution < 1.29 is 0 Å². The Morgan fingerprint density at radius 2 is 1.86 bits per heavy atom. The van der Waals surface area contributed by atoms with Crippen LogP contribution in [0.1, 0.15) is 34.6 Å². The summed E-state index contributed by atoms with van der Waals surface area (Å²) in [6.45, 7) is 10.8. The highest BCUT2D eigenvalue weighted by atomic mass is 127. The van der Waals surface area contributed by atoms with Crippen LogP contribution in [-0.4, -0.2) is 10.1 Å². The minimum atomic E-state index is -0.000957. The number of amidine groups is 1. The summed E-state index contributed by atoms with van der Waals surface area (Å²) in [7, 11) is 0. The third-order valence-electron chi connectivity index (χ3n) is 1.99. The second kappa shape index (κ2) is 3.76. The molecule has 0 saturated heterocycles. The van der Waals surface area contributed by atoms with Crippen LogP contribution in [0.25, 0.3) is 0 Å². The number of halogens is 1. The maximum atomic E-state index is 4.51. The van der Waals surface area contributed by atoms with Crippen LogP contribution in [0.2, 0.25) is 0 Å². The van der Waals surface area contributed by atoms with Crippen LogP contribution in [0, 0.1) is 10.8 Å². The predicted molar refractivity (Wildman–Crippen MR) is 71.3 cm³/mol. The van der Waals surface area contributed by atoms with Crippen molar-refractivity contribution in [2.24, 2.45) is 20.8 Å². The van der Waals surface area contributed by atoms with Crippen LogP contribution in [0.5, 0.6) is 0 Å². The van der Waals surface area contributed by atoms with E-state index in [1.807, 2.05) is 6.21 Å². The maximum absolute atomic E-state index is 4.51. The number of aliphatic imine (C=N–C) groups is 2. The highest BCUT2D eigenvalue weighted by Gasteiger charge is 2.23. The smallest absolute Gasteiger partial charge is 0.190 e.